The van der Waals surface area contributed by atoms with Crippen molar-refractivity contribution >= 4 is 28.7 Å². The number of urea groups is 1. The molecule has 4 rings (SSSR count). The van der Waals surface area contributed by atoms with Crippen LogP contribution in [0.1, 0.15) is 52.8 Å². The maximum atomic E-state index is 12.6. The number of carbonyl (C=O) groups is 1. The van der Waals surface area contributed by atoms with Crippen molar-refractivity contribution in [2.75, 3.05) is 31.2 Å². The lowest BCUT2D eigenvalue weighted by Gasteiger charge is -2.30. The second-order valence-corrected chi connectivity index (χ2v) is 11.9. The molecule has 0 spiro atoms. The predicted octanol–water partition coefficient (Wildman–Crippen LogP) is 2.25. The highest BCUT2D eigenvalue weighted by molar-refractivity contribution is 5.89. The summed E-state index contributed by atoms with van der Waals surface area (Å²) in [7, 11) is 1.91. The lowest BCUT2D eigenvalue weighted by Crippen LogP contribution is -2.48. The van der Waals surface area contributed by atoms with E-state index in [1.807, 2.05) is 50.1 Å². The van der Waals surface area contributed by atoms with E-state index in [1.54, 1.807) is 4.57 Å². The minimum absolute atomic E-state index is 0.0464. The number of hydrogen-bond donors (Lipinski definition) is 5. The first-order valence-electron chi connectivity index (χ1n) is 13.1. The van der Waals surface area contributed by atoms with E-state index in [1.165, 1.54) is 18.2 Å². The number of aliphatic hydroxyl groups excluding tert-OH is 2. The molecule has 6 N–H and O–H groups in total. The highest BCUT2D eigenvalue weighted by Gasteiger charge is 2.44. The van der Waals surface area contributed by atoms with Gasteiger partial charge in [0.2, 0.25) is 0 Å². The summed E-state index contributed by atoms with van der Waals surface area (Å²) in [6, 6.07) is 7.59. The number of rotatable bonds is 8. The maximum absolute atomic E-state index is 12.6. The van der Waals surface area contributed by atoms with E-state index >= 15 is 0 Å². The van der Waals surface area contributed by atoms with Crippen molar-refractivity contribution in [3.8, 4) is 0 Å². The molecule has 1 saturated heterocycles. The van der Waals surface area contributed by atoms with E-state index in [0.717, 1.165) is 5.69 Å². The number of aliphatic hydroxyl groups is 2. The molecular weight excluding hydrogens is 500 g/mol. The topological polar surface area (TPSA) is 164 Å². The van der Waals surface area contributed by atoms with Gasteiger partial charge in [-0.3, -0.25) is 4.57 Å². The average molecular weight is 541 g/mol. The molecule has 2 aromatic heterocycles. The molecule has 0 aliphatic carbocycles. The lowest BCUT2D eigenvalue weighted by atomic mass is 9.87. The molecular formula is C27H40N8O4. The Balaban J connectivity index is 1.28. The average Bonchev–Trinajstić information content (AvgIpc) is 3.40. The second-order valence-electron chi connectivity index (χ2n) is 11.9. The van der Waals surface area contributed by atoms with Crippen LogP contribution >= 0.6 is 0 Å². The van der Waals surface area contributed by atoms with Gasteiger partial charge in [0, 0.05) is 24.3 Å². The van der Waals surface area contributed by atoms with Crippen molar-refractivity contribution < 1.29 is 19.7 Å². The molecule has 1 aromatic carbocycles. The molecule has 1 aliphatic rings. The Morgan fingerprint density at radius 2 is 1.79 bits per heavy atom. The Kier molecular flexibility index (Phi) is 8.12. The van der Waals surface area contributed by atoms with E-state index in [4.69, 9.17) is 10.5 Å². The van der Waals surface area contributed by atoms with Gasteiger partial charge in [-0.1, -0.05) is 32.9 Å². The van der Waals surface area contributed by atoms with Crippen LogP contribution in [-0.2, 0) is 10.2 Å². The van der Waals surface area contributed by atoms with Crippen LogP contribution in [0.3, 0.4) is 0 Å². The molecule has 0 bridgehead atoms. The summed E-state index contributed by atoms with van der Waals surface area (Å²) in [6.45, 7) is 11.4. The first-order valence-corrected chi connectivity index (χ1v) is 13.1. The highest BCUT2D eigenvalue weighted by Crippen LogP contribution is 2.32. The van der Waals surface area contributed by atoms with Gasteiger partial charge in [-0.2, -0.15) is 0 Å². The van der Waals surface area contributed by atoms with Crippen LogP contribution in [0, 0.1) is 0 Å². The lowest BCUT2D eigenvalue weighted by molar-refractivity contribution is -0.0424. The normalized spacial score (nSPS) is 22.0. The SMILES string of the molecule is CN(CCC(C)(C)NC(=O)Nc1ccc(C(C)(C)C)cc1)CC1OC(n2cnc3c(N)ncnc32)C(O)C1O. The van der Waals surface area contributed by atoms with Crippen LogP contribution in [0.15, 0.2) is 36.9 Å². The van der Waals surface area contributed by atoms with Crippen LogP contribution in [-0.4, -0.2) is 84.7 Å². The first kappa shape index (κ1) is 28.7. The van der Waals surface area contributed by atoms with Crippen LogP contribution in [0.2, 0.25) is 0 Å². The quantitative estimate of drug-likeness (QED) is 0.288. The third-order valence-corrected chi connectivity index (χ3v) is 7.07. The summed E-state index contributed by atoms with van der Waals surface area (Å²) < 4.78 is 7.60. The molecule has 1 fully saturated rings. The fraction of sp³-hybridized carbons (Fsp3) is 0.556. The van der Waals surface area contributed by atoms with Crippen LogP contribution < -0.4 is 16.4 Å². The second kappa shape index (κ2) is 11.0. The van der Waals surface area contributed by atoms with Gasteiger partial charge >= 0.3 is 6.03 Å². The van der Waals surface area contributed by atoms with E-state index in [9.17, 15) is 15.0 Å². The number of nitrogen functional groups attached to an aromatic ring is 1. The van der Waals surface area contributed by atoms with E-state index in [0.29, 0.717) is 30.7 Å². The number of nitrogens with two attached hydrogens (primary N) is 1. The molecule has 3 aromatic rings. The largest absolute Gasteiger partial charge is 0.387 e. The summed E-state index contributed by atoms with van der Waals surface area (Å²) in [6.07, 6.45) is -0.333. The standard InChI is InChI=1S/C27H40N8O4/c1-26(2,3)16-7-9-17(10-8-16)32-25(38)33-27(4,5)11-12-34(6)13-18-20(36)21(37)24(39-18)35-15-31-19-22(28)29-14-30-23(19)35/h7-10,14-15,18,20-21,24,36-37H,11-13H2,1-6H3,(H2,28,29,30)(H2,32,33,38). The Morgan fingerprint density at radius 1 is 1.10 bits per heavy atom. The van der Waals surface area contributed by atoms with Gasteiger partial charge in [0.25, 0.3) is 0 Å². The third-order valence-electron chi connectivity index (χ3n) is 7.07. The van der Waals surface area contributed by atoms with Crippen LogP contribution in [0.5, 0.6) is 0 Å². The minimum atomic E-state index is -1.17. The number of carbonyl (C=O) groups excluding carboxylic acids is 1. The van der Waals surface area contributed by atoms with Crippen molar-refractivity contribution in [2.24, 2.45) is 0 Å². The van der Waals surface area contributed by atoms with Crippen LogP contribution in [0.4, 0.5) is 16.3 Å². The number of amides is 2. The molecule has 4 atom stereocenters. The Hall–Kier alpha value is -3.32. The van der Waals surface area contributed by atoms with Gasteiger partial charge in [-0.25, -0.2) is 19.7 Å². The molecule has 4 unspecified atom stereocenters. The number of aromatic nitrogens is 4. The van der Waals surface area contributed by atoms with Gasteiger partial charge < -0.3 is 36.2 Å². The van der Waals surface area contributed by atoms with Gasteiger partial charge in [-0.05, 0) is 50.4 Å². The number of nitrogens with zero attached hydrogens (tertiary/aromatic N) is 5. The number of imidazole rings is 1. The Bertz CT molecular complexity index is 1290. The molecule has 3 heterocycles. The van der Waals surface area contributed by atoms with Crippen molar-refractivity contribution in [3.63, 3.8) is 0 Å². The zero-order chi connectivity index (χ0) is 28.5. The number of fused-ring (bicyclic) bond motifs is 1. The minimum Gasteiger partial charge on any atom is -0.387 e. The van der Waals surface area contributed by atoms with Crippen molar-refractivity contribution in [1.82, 2.24) is 29.7 Å². The van der Waals surface area contributed by atoms with Gasteiger partial charge in [0.05, 0.1) is 6.33 Å². The summed E-state index contributed by atoms with van der Waals surface area (Å²) in [4.78, 5) is 27.0. The molecule has 12 heteroatoms. The van der Waals surface area contributed by atoms with E-state index < -0.39 is 30.1 Å². The van der Waals surface area contributed by atoms with Crippen molar-refractivity contribution in [3.05, 3.63) is 42.5 Å². The number of hydrogen-bond acceptors (Lipinski definition) is 9. The molecule has 1 aliphatic heterocycles. The predicted molar refractivity (Wildman–Crippen MR) is 149 cm³/mol. The maximum Gasteiger partial charge on any atom is 0.319 e. The molecule has 12 nitrogen and oxygen atoms in total. The monoisotopic (exact) mass is 540 g/mol. The molecule has 39 heavy (non-hydrogen) atoms. The highest BCUT2D eigenvalue weighted by atomic mass is 16.6. The van der Waals surface area contributed by atoms with Gasteiger partial charge in [-0.15, -0.1) is 0 Å². The number of ether oxygens (including phenoxy) is 1. The molecule has 0 saturated carbocycles. The van der Waals surface area contributed by atoms with Crippen molar-refractivity contribution in [1.29, 1.82) is 0 Å². The van der Waals surface area contributed by atoms with E-state index in [-0.39, 0.29) is 17.3 Å². The zero-order valence-electron chi connectivity index (χ0n) is 23.4. The number of nitrogens with one attached hydrogen (secondary N) is 2. The van der Waals surface area contributed by atoms with E-state index in [2.05, 4.69) is 46.4 Å². The summed E-state index contributed by atoms with van der Waals surface area (Å²) in [5.74, 6) is 0.228. The summed E-state index contributed by atoms with van der Waals surface area (Å²) >= 11 is 0. The Labute approximate surface area is 228 Å². The number of anilines is 2. The molecule has 212 valence electrons. The van der Waals surface area contributed by atoms with Crippen LogP contribution in [0.25, 0.3) is 11.2 Å². The summed E-state index contributed by atoms with van der Waals surface area (Å²) in [5.41, 5.74) is 8.18. The third kappa shape index (κ3) is 6.64. The smallest absolute Gasteiger partial charge is 0.319 e. The zero-order valence-corrected chi connectivity index (χ0v) is 23.4. The van der Waals surface area contributed by atoms with Gasteiger partial charge in [0.1, 0.15) is 30.2 Å². The van der Waals surface area contributed by atoms with Gasteiger partial charge in [0.15, 0.2) is 17.7 Å². The fourth-order valence-corrected chi connectivity index (χ4v) is 4.62. The summed E-state index contributed by atoms with van der Waals surface area (Å²) in [5, 5.41) is 27.3. The molecule has 2 amide bonds. The first-order chi connectivity index (χ1) is 18.2. The number of benzene rings is 1. The Morgan fingerprint density at radius 3 is 2.46 bits per heavy atom. The van der Waals surface area contributed by atoms with Crippen molar-refractivity contribution in [2.45, 2.75) is 76.5 Å². The number of likely N-dealkylation sites (N-methyl/N-ethyl adjacent to an activating group) is 1. The fourth-order valence-electron chi connectivity index (χ4n) is 4.62. The molecule has 0 radical (unpaired) electrons.